The van der Waals surface area contributed by atoms with Crippen LogP contribution in [0.1, 0.15) is 26.7 Å². The Bertz CT molecular complexity index is 170. The number of hydrogen-bond donors (Lipinski definition) is 2. The van der Waals surface area contributed by atoms with Crippen LogP contribution in [0.2, 0.25) is 0 Å². The lowest BCUT2D eigenvalue weighted by atomic mass is 10.1. The Morgan fingerprint density at radius 1 is 1.67 bits per heavy atom. The zero-order valence-corrected chi connectivity index (χ0v) is 9.17. The number of thiol groups is 1. The minimum Gasteiger partial charge on any atom is -0.356 e. The molecule has 0 saturated heterocycles. The molecule has 0 bridgehead atoms. The van der Waals surface area contributed by atoms with E-state index in [9.17, 15) is 4.79 Å². The molecule has 0 aliphatic carbocycles. The third-order valence-electron chi connectivity index (χ3n) is 1.71. The van der Waals surface area contributed by atoms with Gasteiger partial charge < -0.3 is 5.32 Å². The van der Waals surface area contributed by atoms with Crippen molar-refractivity contribution in [2.75, 3.05) is 6.54 Å². The number of hydrogen-bond acceptors (Lipinski definition) is 2. The summed E-state index contributed by atoms with van der Waals surface area (Å²) in [4.78, 5) is 10.5. The van der Waals surface area contributed by atoms with Gasteiger partial charge in [0.1, 0.15) is 0 Å². The molecule has 1 amide bonds. The molecule has 0 radical (unpaired) electrons. The summed E-state index contributed by atoms with van der Waals surface area (Å²) in [5, 5.41) is 2.73. The molecule has 0 aliphatic heterocycles. The van der Waals surface area contributed by atoms with E-state index >= 15 is 0 Å². The third kappa shape index (κ3) is 5.55. The molecule has 12 heavy (non-hydrogen) atoms. The van der Waals surface area contributed by atoms with Crippen LogP contribution in [0.5, 0.6) is 0 Å². The predicted molar refractivity (Wildman–Crippen MR) is 58.7 cm³/mol. The number of rotatable bonds is 5. The normalized spacial score (nSPS) is 12.2. The first-order valence-electron chi connectivity index (χ1n) is 4.05. The Morgan fingerprint density at radius 2 is 2.25 bits per heavy atom. The monoisotopic (exact) mass is 205 g/mol. The Hall–Kier alpha value is -0.0900. The minimum absolute atomic E-state index is 0.00920. The maximum absolute atomic E-state index is 10.5. The zero-order chi connectivity index (χ0) is 9.56. The second-order valence-corrected chi connectivity index (χ2v) is 3.94. The Balaban J connectivity index is 3.59. The van der Waals surface area contributed by atoms with Crippen LogP contribution in [0.3, 0.4) is 0 Å². The third-order valence-corrected chi connectivity index (χ3v) is 2.41. The summed E-state index contributed by atoms with van der Waals surface area (Å²) in [7, 11) is 0. The van der Waals surface area contributed by atoms with E-state index in [0.29, 0.717) is 12.5 Å². The van der Waals surface area contributed by atoms with E-state index in [1.54, 1.807) is 0 Å². The molecular formula is C8H15NOS2. The van der Waals surface area contributed by atoms with Gasteiger partial charge in [0.2, 0.25) is 5.91 Å². The van der Waals surface area contributed by atoms with Crippen molar-refractivity contribution >= 4 is 35.0 Å². The molecule has 4 heteroatoms. The molecule has 0 fully saturated rings. The molecule has 0 heterocycles. The van der Waals surface area contributed by atoms with Crippen molar-refractivity contribution in [1.82, 2.24) is 5.32 Å². The highest BCUT2D eigenvalue weighted by atomic mass is 32.1. The van der Waals surface area contributed by atoms with Crippen molar-refractivity contribution in [1.29, 1.82) is 0 Å². The highest BCUT2D eigenvalue weighted by Gasteiger charge is 2.08. The lowest BCUT2D eigenvalue weighted by Gasteiger charge is -2.11. The first kappa shape index (κ1) is 11.9. The summed E-state index contributed by atoms with van der Waals surface area (Å²) in [5.41, 5.74) is 0. The van der Waals surface area contributed by atoms with Crippen molar-refractivity contribution in [2.45, 2.75) is 26.7 Å². The summed E-state index contributed by atoms with van der Waals surface area (Å²) >= 11 is 9.06. The van der Waals surface area contributed by atoms with Crippen LogP contribution in [0, 0.1) is 5.92 Å². The van der Waals surface area contributed by atoms with E-state index in [4.69, 9.17) is 12.2 Å². The fraction of sp³-hybridized carbons (Fsp3) is 0.750. The second-order valence-electron chi connectivity index (χ2n) is 2.72. The molecule has 0 aliphatic rings. The molecule has 0 rings (SSSR count). The molecule has 1 unspecified atom stereocenters. The lowest BCUT2D eigenvalue weighted by Crippen LogP contribution is -2.24. The van der Waals surface area contributed by atoms with Crippen LogP contribution in [0.15, 0.2) is 0 Å². The maximum Gasteiger partial charge on any atom is 0.216 e. The van der Waals surface area contributed by atoms with E-state index in [-0.39, 0.29) is 5.91 Å². The van der Waals surface area contributed by atoms with Gasteiger partial charge in [-0.25, -0.2) is 0 Å². The molecule has 0 spiro atoms. The first-order chi connectivity index (χ1) is 5.57. The summed E-state index contributed by atoms with van der Waals surface area (Å²) in [6.07, 6.45) is 1.88. The minimum atomic E-state index is 0.00920. The number of nitrogens with one attached hydrogen (secondary N) is 1. The van der Waals surface area contributed by atoms with Crippen molar-refractivity contribution < 1.29 is 4.79 Å². The Morgan fingerprint density at radius 3 is 2.58 bits per heavy atom. The van der Waals surface area contributed by atoms with Gasteiger partial charge in [-0.05, 0) is 12.8 Å². The van der Waals surface area contributed by atoms with Crippen molar-refractivity contribution in [3.05, 3.63) is 0 Å². The van der Waals surface area contributed by atoms with E-state index in [0.717, 1.165) is 17.0 Å². The molecule has 0 saturated carbocycles. The quantitative estimate of drug-likeness (QED) is 0.529. The molecule has 2 nitrogen and oxygen atoms in total. The average Bonchev–Trinajstić information content (AvgIpc) is 1.96. The van der Waals surface area contributed by atoms with E-state index in [2.05, 4.69) is 24.9 Å². The number of amides is 1. The Kier molecular flexibility index (Phi) is 6.38. The summed E-state index contributed by atoms with van der Waals surface area (Å²) in [5.74, 6) is 0.352. The second kappa shape index (κ2) is 6.43. The fourth-order valence-corrected chi connectivity index (χ4v) is 1.52. The van der Waals surface area contributed by atoms with E-state index in [1.165, 1.54) is 6.92 Å². The molecule has 1 N–H and O–H groups in total. The average molecular weight is 205 g/mol. The summed E-state index contributed by atoms with van der Waals surface area (Å²) in [6, 6.07) is 0. The lowest BCUT2D eigenvalue weighted by molar-refractivity contribution is -0.118. The van der Waals surface area contributed by atoms with Gasteiger partial charge in [-0.1, -0.05) is 19.1 Å². The molecule has 0 aromatic carbocycles. The number of thiocarbonyl (C=S) groups is 1. The van der Waals surface area contributed by atoms with Gasteiger partial charge in [0.15, 0.2) is 0 Å². The summed E-state index contributed by atoms with van der Waals surface area (Å²) in [6.45, 7) is 4.27. The standard InChI is InChI=1S/C8H15NOS2/c1-3-7(8(11)12)4-5-9-6(2)10/h7H,3-5H2,1-2H3,(H,9,10)(H,11,12). The Labute approximate surface area is 84.5 Å². The SMILES string of the molecule is CCC(CCNC(C)=O)C(=S)S. The van der Waals surface area contributed by atoms with E-state index < -0.39 is 0 Å². The molecule has 70 valence electrons. The largest absolute Gasteiger partial charge is 0.356 e. The molecule has 0 aromatic rings. The fourth-order valence-electron chi connectivity index (χ4n) is 0.925. The molecular weight excluding hydrogens is 190 g/mol. The summed E-state index contributed by atoms with van der Waals surface area (Å²) < 4.78 is 0.739. The van der Waals surface area contributed by atoms with Crippen LogP contribution in [0.4, 0.5) is 0 Å². The van der Waals surface area contributed by atoms with Crippen molar-refractivity contribution in [3.63, 3.8) is 0 Å². The van der Waals surface area contributed by atoms with Crippen LogP contribution in [-0.2, 0) is 4.79 Å². The van der Waals surface area contributed by atoms with Gasteiger partial charge in [-0.2, -0.15) is 0 Å². The highest BCUT2D eigenvalue weighted by molar-refractivity contribution is 8.11. The van der Waals surface area contributed by atoms with Crippen LogP contribution in [0.25, 0.3) is 0 Å². The molecule has 0 aromatic heterocycles. The maximum atomic E-state index is 10.5. The highest BCUT2D eigenvalue weighted by Crippen LogP contribution is 2.12. The van der Waals surface area contributed by atoms with E-state index in [1.807, 2.05) is 0 Å². The van der Waals surface area contributed by atoms with Crippen molar-refractivity contribution in [2.24, 2.45) is 5.92 Å². The van der Waals surface area contributed by atoms with Gasteiger partial charge in [-0.15, -0.1) is 12.6 Å². The van der Waals surface area contributed by atoms with Gasteiger partial charge in [0.05, 0.1) is 0 Å². The molecule has 1 atom stereocenters. The number of carbonyl (C=O) groups is 1. The van der Waals surface area contributed by atoms with Crippen LogP contribution >= 0.6 is 24.8 Å². The van der Waals surface area contributed by atoms with Gasteiger partial charge in [0.25, 0.3) is 0 Å². The smallest absolute Gasteiger partial charge is 0.216 e. The zero-order valence-electron chi connectivity index (χ0n) is 7.46. The topological polar surface area (TPSA) is 29.1 Å². The number of carbonyl (C=O) groups excluding carboxylic acids is 1. The predicted octanol–water partition coefficient (Wildman–Crippen LogP) is 1.80. The van der Waals surface area contributed by atoms with Gasteiger partial charge in [-0.3, -0.25) is 4.79 Å². The van der Waals surface area contributed by atoms with Gasteiger partial charge >= 0.3 is 0 Å². The van der Waals surface area contributed by atoms with Crippen LogP contribution < -0.4 is 5.32 Å². The van der Waals surface area contributed by atoms with Gasteiger partial charge in [0, 0.05) is 23.6 Å². The van der Waals surface area contributed by atoms with Crippen LogP contribution in [-0.4, -0.2) is 16.6 Å². The first-order valence-corrected chi connectivity index (χ1v) is 4.90. The van der Waals surface area contributed by atoms with Crippen molar-refractivity contribution in [3.8, 4) is 0 Å².